The number of hydrogen-bond acceptors (Lipinski definition) is 7. The van der Waals surface area contributed by atoms with Crippen LogP contribution in [0.1, 0.15) is 5.56 Å². The summed E-state index contributed by atoms with van der Waals surface area (Å²) in [7, 11) is 0. The average molecular weight is 340 g/mol. The van der Waals surface area contributed by atoms with E-state index in [1.54, 1.807) is 36.4 Å². The first-order chi connectivity index (χ1) is 11.6. The van der Waals surface area contributed by atoms with Gasteiger partial charge in [0.25, 0.3) is 5.69 Å². The summed E-state index contributed by atoms with van der Waals surface area (Å²) in [6.45, 7) is 0. The number of benzene rings is 2. The maximum Gasteiger partial charge on any atom is 0.278 e. The fourth-order valence-corrected chi connectivity index (χ4v) is 2.71. The van der Waals surface area contributed by atoms with Crippen molar-refractivity contribution in [2.75, 3.05) is 5.43 Å². The number of hydrazone groups is 1. The molecule has 0 amide bonds. The molecule has 0 unspecified atom stereocenters. The van der Waals surface area contributed by atoms with E-state index < -0.39 is 4.92 Å². The lowest BCUT2D eigenvalue weighted by Crippen LogP contribution is -1.96. The van der Waals surface area contributed by atoms with E-state index >= 15 is 0 Å². The Kier molecular flexibility index (Phi) is 4.48. The number of thiazole rings is 1. The van der Waals surface area contributed by atoms with E-state index in [1.165, 1.54) is 23.6 Å². The van der Waals surface area contributed by atoms with Crippen molar-refractivity contribution < 1.29 is 10.0 Å². The SMILES string of the molecule is O=[N+]([O-])c1ccccc1C=NNc1nc(-c2cccc(O)c2)cs1. The standard InChI is InChI=1S/C16H12N4O3S/c21-13-6-3-5-11(8-13)14-10-24-16(18-14)19-17-9-12-4-1-2-7-15(12)20(22)23/h1-10,21H,(H,18,19). The van der Waals surface area contributed by atoms with Gasteiger partial charge in [-0.15, -0.1) is 11.3 Å². The molecule has 0 fully saturated rings. The van der Waals surface area contributed by atoms with E-state index in [9.17, 15) is 15.2 Å². The first-order valence-corrected chi connectivity index (χ1v) is 7.79. The highest BCUT2D eigenvalue weighted by molar-refractivity contribution is 7.14. The molecule has 2 aromatic carbocycles. The van der Waals surface area contributed by atoms with E-state index in [1.807, 2.05) is 11.4 Å². The van der Waals surface area contributed by atoms with Crippen LogP contribution in [-0.4, -0.2) is 21.2 Å². The summed E-state index contributed by atoms with van der Waals surface area (Å²) in [6.07, 6.45) is 1.38. The van der Waals surface area contributed by atoms with Crippen LogP contribution < -0.4 is 5.43 Å². The molecule has 0 aliphatic rings. The van der Waals surface area contributed by atoms with Gasteiger partial charge < -0.3 is 5.11 Å². The van der Waals surface area contributed by atoms with Crippen molar-refractivity contribution in [2.24, 2.45) is 5.10 Å². The largest absolute Gasteiger partial charge is 0.508 e. The van der Waals surface area contributed by atoms with Crippen LogP contribution in [0.3, 0.4) is 0 Å². The summed E-state index contributed by atoms with van der Waals surface area (Å²) in [6, 6.07) is 13.1. The summed E-state index contributed by atoms with van der Waals surface area (Å²) in [5.41, 5.74) is 4.65. The van der Waals surface area contributed by atoms with Gasteiger partial charge in [0, 0.05) is 17.0 Å². The number of nitrogens with one attached hydrogen (secondary N) is 1. The Bertz CT molecular complexity index is 908. The molecule has 7 nitrogen and oxygen atoms in total. The fourth-order valence-electron chi connectivity index (χ4n) is 2.04. The average Bonchev–Trinajstić information content (AvgIpc) is 3.04. The second-order valence-electron chi connectivity index (χ2n) is 4.77. The van der Waals surface area contributed by atoms with Gasteiger partial charge in [-0.3, -0.25) is 15.5 Å². The second-order valence-corrected chi connectivity index (χ2v) is 5.63. The van der Waals surface area contributed by atoms with Crippen LogP contribution in [0.25, 0.3) is 11.3 Å². The molecule has 0 spiro atoms. The third-order valence-electron chi connectivity index (χ3n) is 3.14. The van der Waals surface area contributed by atoms with Crippen LogP contribution in [0.5, 0.6) is 5.75 Å². The molecule has 0 saturated heterocycles. The molecule has 0 bridgehead atoms. The van der Waals surface area contributed by atoms with Crippen molar-refractivity contribution in [2.45, 2.75) is 0 Å². The minimum atomic E-state index is -0.454. The number of rotatable bonds is 5. The van der Waals surface area contributed by atoms with Gasteiger partial charge in [-0.25, -0.2) is 4.98 Å². The van der Waals surface area contributed by atoms with Gasteiger partial charge in [0.2, 0.25) is 5.13 Å². The summed E-state index contributed by atoms with van der Waals surface area (Å²) in [4.78, 5) is 14.8. The molecule has 24 heavy (non-hydrogen) atoms. The Hall–Kier alpha value is -3.26. The zero-order valence-electron chi connectivity index (χ0n) is 12.3. The van der Waals surface area contributed by atoms with Crippen molar-refractivity contribution in [3.63, 3.8) is 0 Å². The number of phenols is 1. The predicted octanol–water partition coefficient (Wildman–Crippen LogP) is 3.87. The van der Waals surface area contributed by atoms with Crippen LogP contribution >= 0.6 is 11.3 Å². The minimum Gasteiger partial charge on any atom is -0.508 e. The first kappa shape index (κ1) is 15.6. The van der Waals surface area contributed by atoms with Gasteiger partial charge in [-0.1, -0.05) is 24.3 Å². The van der Waals surface area contributed by atoms with Gasteiger partial charge in [-0.05, 0) is 18.2 Å². The van der Waals surface area contributed by atoms with Crippen molar-refractivity contribution >= 4 is 28.4 Å². The third kappa shape index (κ3) is 3.55. The van der Waals surface area contributed by atoms with Crippen LogP contribution in [0, 0.1) is 10.1 Å². The summed E-state index contributed by atoms with van der Waals surface area (Å²) in [5, 5.41) is 26.8. The van der Waals surface area contributed by atoms with E-state index in [4.69, 9.17) is 0 Å². The monoisotopic (exact) mass is 340 g/mol. The smallest absolute Gasteiger partial charge is 0.278 e. The second kappa shape index (κ2) is 6.88. The molecule has 8 heteroatoms. The van der Waals surface area contributed by atoms with Gasteiger partial charge in [0.05, 0.1) is 22.4 Å². The molecule has 0 atom stereocenters. The molecule has 0 aliphatic carbocycles. The van der Waals surface area contributed by atoms with Crippen molar-refractivity contribution in [1.82, 2.24) is 4.98 Å². The van der Waals surface area contributed by atoms with Crippen molar-refractivity contribution in [3.05, 3.63) is 69.6 Å². The molecule has 3 aromatic rings. The Morgan fingerprint density at radius 1 is 1.25 bits per heavy atom. The molecular weight excluding hydrogens is 328 g/mol. The summed E-state index contributed by atoms with van der Waals surface area (Å²) < 4.78 is 0. The van der Waals surface area contributed by atoms with E-state index in [0.29, 0.717) is 16.4 Å². The Morgan fingerprint density at radius 2 is 2.08 bits per heavy atom. The maximum atomic E-state index is 10.9. The molecule has 1 aromatic heterocycles. The van der Waals surface area contributed by atoms with Crippen LogP contribution in [0.15, 0.2) is 59.0 Å². The number of aromatic nitrogens is 1. The quantitative estimate of drug-likeness (QED) is 0.417. The number of nitrogens with zero attached hydrogens (tertiary/aromatic N) is 3. The van der Waals surface area contributed by atoms with Gasteiger partial charge in [0.15, 0.2) is 0 Å². The molecule has 0 saturated carbocycles. The van der Waals surface area contributed by atoms with E-state index in [-0.39, 0.29) is 11.4 Å². The predicted molar refractivity (Wildman–Crippen MR) is 93.5 cm³/mol. The van der Waals surface area contributed by atoms with Crippen LogP contribution in [0.4, 0.5) is 10.8 Å². The zero-order chi connectivity index (χ0) is 16.9. The number of para-hydroxylation sites is 1. The van der Waals surface area contributed by atoms with E-state index in [2.05, 4.69) is 15.5 Å². The molecular formula is C16H12N4O3S. The first-order valence-electron chi connectivity index (χ1n) is 6.91. The van der Waals surface area contributed by atoms with Crippen molar-refractivity contribution in [3.8, 4) is 17.0 Å². The summed E-state index contributed by atoms with van der Waals surface area (Å²) >= 11 is 1.34. The Balaban J connectivity index is 1.73. The van der Waals surface area contributed by atoms with Crippen LogP contribution in [-0.2, 0) is 0 Å². The highest BCUT2D eigenvalue weighted by atomic mass is 32.1. The normalized spacial score (nSPS) is 10.8. The minimum absolute atomic E-state index is 0.0114. The molecule has 1 heterocycles. The number of phenolic OH excluding ortho intramolecular Hbond substituents is 1. The number of aromatic hydroxyl groups is 1. The molecule has 2 N–H and O–H groups in total. The fraction of sp³-hybridized carbons (Fsp3) is 0. The highest BCUT2D eigenvalue weighted by Crippen LogP contribution is 2.27. The number of nitro groups is 1. The Morgan fingerprint density at radius 3 is 2.88 bits per heavy atom. The van der Waals surface area contributed by atoms with Crippen molar-refractivity contribution in [1.29, 1.82) is 0 Å². The topological polar surface area (TPSA) is 101 Å². The Labute approximate surface area is 141 Å². The molecule has 0 aliphatic heterocycles. The lowest BCUT2D eigenvalue weighted by molar-refractivity contribution is -0.385. The summed E-state index contributed by atoms with van der Waals surface area (Å²) in [5.74, 6) is 0.171. The lowest BCUT2D eigenvalue weighted by Gasteiger charge is -1.98. The molecule has 3 rings (SSSR count). The van der Waals surface area contributed by atoms with Gasteiger partial charge in [-0.2, -0.15) is 5.10 Å². The van der Waals surface area contributed by atoms with Gasteiger partial charge >= 0.3 is 0 Å². The number of anilines is 1. The van der Waals surface area contributed by atoms with Gasteiger partial charge in [0.1, 0.15) is 5.75 Å². The lowest BCUT2D eigenvalue weighted by atomic mass is 10.2. The molecule has 120 valence electrons. The number of nitro benzene ring substituents is 1. The third-order valence-corrected chi connectivity index (χ3v) is 3.89. The molecule has 0 radical (unpaired) electrons. The van der Waals surface area contributed by atoms with E-state index in [0.717, 1.165) is 5.56 Å². The maximum absolute atomic E-state index is 10.9. The van der Waals surface area contributed by atoms with Crippen LogP contribution in [0.2, 0.25) is 0 Å². The highest BCUT2D eigenvalue weighted by Gasteiger charge is 2.10. The zero-order valence-corrected chi connectivity index (χ0v) is 13.1. The number of hydrogen-bond donors (Lipinski definition) is 2.